The molecule has 1 atom stereocenters. The standard InChI is InChI=1S/C15H13F4NO/c1-8(20)4-9-5-12(18)15(13(19)6-9)21-14-7-10(16)2-3-11(14)17/h2-3,5-8H,4,20H2,1H3. The van der Waals surface area contributed by atoms with E-state index in [1.807, 2.05) is 0 Å². The van der Waals surface area contributed by atoms with E-state index in [2.05, 4.69) is 0 Å². The molecule has 2 rings (SSSR count). The highest BCUT2D eigenvalue weighted by atomic mass is 19.1. The maximum atomic E-state index is 13.9. The third-order valence-electron chi connectivity index (χ3n) is 2.72. The molecular weight excluding hydrogens is 286 g/mol. The number of hydrogen-bond acceptors (Lipinski definition) is 2. The van der Waals surface area contributed by atoms with Gasteiger partial charge in [0, 0.05) is 12.1 Å². The second kappa shape index (κ2) is 6.13. The summed E-state index contributed by atoms with van der Waals surface area (Å²) in [6, 6.07) is 4.24. The fraction of sp³-hybridized carbons (Fsp3) is 0.200. The summed E-state index contributed by atoms with van der Waals surface area (Å²) in [5.41, 5.74) is 5.91. The zero-order chi connectivity index (χ0) is 15.6. The maximum Gasteiger partial charge on any atom is 0.198 e. The van der Waals surface area contributed by atoms with Crippen molar-refractivity contribution in [2.45, 2.75) is 19.4 Å². The van der Waals surface area contributed by atoms with Crippen molar-refractivity contribution in [1.82, 2.24) is 0 Å². The van der Waals surface area contributed by atoms with Crippen molar-refractivity contribution < 1.29 is 22.3 Å². The average Bonchev–Trinajstić information content (AvgIpc) is 2.37. The summed E-state index contributed by atoms with van der Waals surface area (Å²) in [7, 11) is 0. The van der Waals surface area contributed by atoms with E-state index < -0.39 is 34.8 Å². The highest BCUT2D eigenvalue weighted by Gasteiger charge is 2.16. The molecule has 2 aromatic rings. The summed E-state index contributed by atoms with van der Waals surface area (Å²) in [5, 5.41) is 0. The molecule has 0 aliphatic rings. The summed E-state index contributed by atoms with van der Waals surface area (Å²) in [5.74, 6) is -5.08. The van der Waals surface area contributed by atoms with Crippen molar-refractivity contribution in [3.63, 3.8) is 0 Å². The second-order valence-electron chi connectivity index (χ2n) is 4.75. The van der Waals surface area contributed by atoms with Crippen LogP contribution in [-0.4, -0.2) is 6.04 Å². The van der Waals surface area contributed by atoms with Crippen LogP contribution in [0.2, 0.25) is 0 Å². The lowest BCUT2D eigenvalue weighted by atomic mass is 10.1. The molecular formula is C15H13F4NO. The van der Waals surface area contributed by atoms with Gasteiger partial charge in [-0.05, 0) is 43.2 Å². The monoisotopic (exact) mass is 299 g/mol. The molecule has 0 aliphatic heterocycles. The lowest BCUT2D eigenvalue weighted by Crippen LogP contribution is -2.18. The quantitative estimate of drug-likeness (QED) is 0.868. The van der Waals surface area contributed by atoms with Crippen LogP contribution in [0.15, 0.2) is 30.3 Å². The largest absolute Gasteiger partial charge is 0.448 e. The minimum absolute atomic E-state index is 0.267. The van der Waals surface area contributed by atoms with Crippen molar-refractivity contribution in [3.05, 3.63) is 59.2 Å². The Bertz CT molecular complexity index is 635. The number of halogens is 4. The Morgan fingerprint density at radius 2 is 1.62 bits per heavy atom. The van der Waals surface area contributed by atoms with Crippen LogP contribution >= 0.6 is 0 Å². The van der Waals surface area contributed by atoms with Crippen molar-refractivity contribution in [2.24, 2.45) is 5.73 Å². The van der Waals surface area contributed by atoms with E-state index in [9.17, 15) is 17.6 Å². The van der Waals surface area contributed by atoms with Gasteiger partial charge in [0.05, 0.1) is 0 Å². The van der Waals surface area contributed by atoms with Crippen LogP contribution in [0.4, 0.5) is 17.6 Å². The van der Waals surface area contributed by atoms with Crippen LogP contribution in [0.25, 0.3) is 0 Å². The first kappa shape index (κ1) is 15.3. The predicted octanol–water partition coefficient (Wildman–Crippen LogP) is 3.93. The molecule has 0 spiro atoms. The Morgan fingerprint density at radius 1 is 1.00 bits per heavy atom. The van der Waals surface area contributed by atoms with Crippen molar-refractivity contribution in [1.29, 1.82) is 0 Å². The van der Waals surface area contributed by atoms with Gasteiger partial charge in [0.25, 0.3) is 0 Å². The first-order valence-corrected chi connectivity index (χ1v) is 6.23. The van der Waals surface area contributed by atoms with Gasteiger partial charge in [0.1, 0.15) is 5.82 Å². The van der Waals surface area contributed by atoms with Crippen LogP contribution in [0.3, 0.4) is 0 Å². The lowest BCUT2D eigenvalue weighted by molar-refractivity contribution is 0.383. The van der Waals surface area contributed by atoms with E-state index in [0.717, 1.165) is 24.3 Å². The SMILES string of the molecule is CC(N)Cc1cc(F)c(Oc2cc(F)ccc2F)c(F)c1. The van der Waals surface area contributed by atoms with Crippen molar-refractivity contribution in [2.75, 3.05) is 0 Å². The molecule has 0 saturated carbocycles. The van der Waals surface area contributed by atoms with Crippen molar-refractivity contribution in [3.8, 4) is 11.5 Å². The predicted molar refractivity (Wildman–Crippen MR) is 70.1 cm³/mol. The molecule has 0 radical (unpaired) electrons. The first-order chi connectivity index (χ1) is 9.86. The van der Waals surface area contributed by atoms with Gasteiger partial charge >= 0.3 is 0 Å². The number of rotatable bonds is 4. The van der Waals surface area contributed by atoms with Gasteiger partial charge < -0.3 is 10.5 Å². The molecule has 0 aromatic heterocycles. The van der Waals surface area contributed by atoms with E-state index in [1.165, 1.54) is 0 Å². The fourth-order valence-corrected chi connectivity index (χ4v) is 1.86. The molecule has 2 nitrogen and oxygen atoms in total. The molecule has 0 fully saturated rings. The number of nitrogens with two attached hydrogens (primary N) is 1. The minimum Gasteiger partial charge on any atom is -0.448 e. The van der Waals surface area contributed by atoms with E-state index >= 15 is 0 Å². The number of benzene rings is 2. The normalized spacial score (nSPS) is 12.3. The topological polar surface area (TPSA) is 35.2 Å². The first-order valence-electron chi connectivity index (χ1n) is 6.23. The Kier molecular flexibility index (Phi) is 4.47. The van der Waals surface area contributed by atoms with Crippen molar-refractivity contribution >= 4 is 0 Å². The molecule has 0 saturated heterocycles. The Labute approximate surface area is 119 Å². The molecule has 2 N–H and O–H groups in total. The zero-order valence-corrected chi connectivity index (χ0v) is 11.2. The van der Waals surface area contributed by atoms with Crippen LogP contribution < -0.4 is 10.5 Å². The second-order valence-corrected chi connectivity index (χ2v) is 4.75. The van der Waals surface area contributed by atoms with Gasteiger partial charge in [-0.15, -0.1) is 0 Å². The summed E-state index contributed by atoms with van der Waals surface area (Å²) in [6.07, 6.45) is 0.280. The third-order valence-corrected chi connectivity index (χ3v) is 2.72. The number of hydrogen-bond donors (Lipinski definition) is 1. The summed E-state index contributed by atoms with van der Waals surface area (Å²) in [4.78, 5) is 0. The molecule has 21 heavy (non-hydrogen) atoms. The Balaban J connectivity index is 2.34. The molecule has 2 aromatic carbocycles. The molecule has 0 aliphatic carbocycles. The van der Waals surface area contributed by atoms with Gasteiger partial charge in [-0.3, -0.25) is 0 Å². The van der Waals surface area contributed by atoms with Gasteiger partial charge in [-0.2, -0.15) is 0 Å². The van der Waals surface area contributed by atoms with E-state index in [-0.39, 0.29) is 12.5 Å². The van der Waals surface area contributed by atoms with E-state index in [4.69, 9.17) is 10.5 Å². The van der Waals surface area contributed by atoms with Crippen LogP contribution in [-0.2, 0) is 6.42 Å². The zero-order valence-electron chi connectivity index (χ0n) is 11.2. The smallest absolute Gasteiger partial charge is 0.198 e. The summed E-state index contributed by atoms with van der Waals surface area (Å²) >= 11 is 0. The highest BCUT2D eigenvalue weighted by molar-refractivity contribution is 5.37. The summed E-state index contributed by atoms with van der Waals surface area (Å²) in [6.45, 7) is 1.70. The molecule has 1 unspecified atom stereocenters. The van der Waals surface area contributed by atoms with Gasteiger partial charge in [0.2, 0.25) is 0 Å². The van der Waals surface area contributed by atoms with Crippen LogP contribution in [0.1, 0.15) is 12.5 Å². The molecule has 0 heterocycles. The highest BCUT2D eigenvalue weighted by Crippen LogP contribution is 2.30. The minimum atomic E-state index is -1.01. The van der Waals surface area contributed by atoms with E-state index in [1.54, 1.807) is 6.92 Å². The summed E-state index contributed by atoms with van der Waals surface area (Å²) < 4.78 is 59.0. The van der Waals surface area contributed by atoms with Gasteiger partial charge in [-0.25, -0.2) is 17.6 Å². The number of ether oxygens (including phenoxy) is 1. The van der Waals surface area contributed by atoms with Gasteiger partial charge in [-0.1, -0.05) is 0 Å². The van der Waals surface area contributed by atoms with Crippen LogP contribution in [0, 0.1) is 23.3 Å². The lowest BCUT2D eigenvalue weighted by Gasteiger charge is -2.11. The third kappa shape index (κ3) is 3.72. The molecule has 6 heteroatoms. The van der Waals surface area contributed by atoms with Crippen LogP contribution in [0.5, 0.6) is 11.5 Å². The van der Waals surface area contributed by atoms with Gasteiger partial charge in [0.15, 0.2) is 29.0 Å². The Hall–Kier alpha value is -2.08. The molecule has 0 amide bonds. The molecule has 0 bridgehead atoms. The van der Waals surface area contributed by atoms with E-state index in [0.29, 0.717) is 11.6 Å². The average molecular weight is 299 g/mol. The fourth-order valence-electron chi connectivity index (χ4n) is 1.86. The maximum absolute atomic E-state index is 13.9. The Morgan fingerprint density at radius 3 is 2.19 bits per heavy atom. The molecule has 112 valence electrons.